The normalized spacial score (nSPS) is 28.6. The van der Waals surface area contributed by atoms with Gasteiger partial charge >= 0.3 is 0 Å². The van der Waals surface area contributed by atoms with E-state index in [4.69, 9.17) is 17.3 Å². The molecule has 0 radical (unpaired) electrons. The van der Waals surface area contributed by atoms with E-state index in [0.717, 1.165) is 18.4 Å². The second-order valence-corrected chi connectivity index (χ2v) is 8.20. The molecule has 1 aliphatic carbocycles. The predicted octanol–water partition coefficient (Wildman–Crippen LogP) is 3.74. The van der Waals surface area contributed by atoms with Gasteiger partial charge in [0.2, 0.25) is 0 Å². The van der Waals surface area contributed by atoms with Gasteiger partial charge in [0, 0.05) is 21.9 Å². The van der Waals surface area contributed by atoms with E-state index in [2.05, 4.69) is 13.8 Å². The van der Waals surface area contributed by atoms with Crippen LogP contribution >= 0.6 is 11.6 Å². The molecule has 1 aromatic rings. The van der Waals surface area contributed by atoms with E-state index in [-0.39, 0.29) is 11.3 Å². The molecule has 20 heavy (non-hydrogen) atoms. The molecule has 0 aromatic heterocycles. The van der Waals surface area contributed by atoms with Crippen LogP contribution in [0.4, 0.5) is 0 Å². The molecule has 0 amide bonds. The Labute approximate surface area is 129 Å². The third-order valence-electron chi connectivity index (χ3n) is 4.42. The third kappa shape index (κ3) is 3.84. The third-order valence-corrected chi connectivity index (χ3v) is 6.60. The van der Waals surface area contributed by atoms with Crippen molar-refractivity contribution >= 4 is 22.4 Å². The smallest absolute Gasteiger partial charge is 0.0505 e. The molecule has 1 aromatic carbocycles. The summed E-state index contributed by atoms with van der Waals surface area (Å²) in [6.07, 6.45) is 3.14. The highest BCUT2D eigenvalue weighted by Gasteiger charge is 2.33. The average molecular weight is 314 g/mol. The lowest BCUT2D eigenvalue weighted by Gasteiger charge is -2.35. The van der Waals surface area contributed by atoms with Crippen molar-refractivity contribution in [1.82, 2.24) is 0 Å². The number of halogens is 1. The average Bonchev–Trinajstić information content (AvgIpc) is 2.41. The first-order valence-electron chi connectivity index (χ1n) is 7.35. The summed E-state index contributed by atoms with van der Waals surface area (Å²) in [6, 6.07) is 7.71. The van der Waals surface area contributed by atoms with Gasteiger partial charge in [-0.25, -0.2) is 0 Å². The molecule has 2 N–H and O–H groups in total. The predicted molar refractivity (Wildman–Crippen MR) is 87.2 cm³/mol. The Morgan fingerprint density at radius 2 is 2.05 bits per heavy atom. The molecule has 0 bridgehead atoms. The largest absolute Gasteiger partial charge is 0.327 e. The molecule has 4 atom stereocenters. The SMILES string of the molecule is CC(C)C1CCC(N)C(S(=O)Cc2ccccc2Cl)C1. The Morgan fingerprint density at radius 3 is 2.70 bits per heavy atom. The molecule has 2 rings (SSSR count). The van der Waals surface area contributed by atoms with Crippen molar-refractivity contribution in [1.29, 1.82) is 0 Å². The molecule has 0 saturated heterocycles. The van der Waals surface area contributed by atoms with Gasteiger partial charge < -0.3 is 5.73 Å². The summed E-state index contributed by atoms with van der Waals surface area (Å²) < 4.78 is 12.7. The fraction of sp³-hybridized carbons (Fsp3) is 0.625. The van der Waals surface area contributed by atoms with E-state index in [0.29, 0.717) is 22.6 Å². The van der Waals surface area contributed by atoms with Gasteiger partial charge in [-0.1, -0.05) is 43.6 Å². The van der Waals surface area contributed by atoms with Gasteiger partial charge in [-0.3, -0.25) is 4.21 Å². The van der Waals surface area contributed by atoms with Crippen molar-refractivity contribution in [3.63, 3.8) is 0 Å². The van der Waals surface area contributed by atoms with Gasteiger partial charge in [-0.2, -0.15) is 0 Å². The first-order chi connectivity index (χ1) is 9.49. The Kier molecular flexibility index (Phi) is 5.65. The van der Waals surface area contributed by atoms with Gasteiger partial charge in [0.05, 0.1) is 11.0 Å². The van der Waals surface area contributed by atoms with Crippen molar-refractivity contribution in [2.75, 3.05) is 0 Å². The lowest BCUT2D eigenvalue weighted by Crippen LogP contribution is -2.44. The van der Waals surface area contributed by atoms with Crippen molar-refractivity contribution < 1.29 is 4.21 Å². The number of hydrogen-bond donors (Lipinski definition) is 1. The second-order valence-electron chi connectivity index (χ2n) is 6.14. The molecule has 112 valence electrons. The summed E-state index contributed by atoms with van der Waals surface area (Å²) >= 11 is 6.16. The topological polar surface area (TPSA) is 43.1 Å². The standard InChI is InChI=1S/C16H24ClNOS/c1-11(2)12-7-8-15(18)16(9-12)20(19)10-13-5-3-4-6-14(13)17/h3-6,11-12,15-16H,7-10,18H2,1-2H3. The minimum Gasteiger partial charge on any atom is -0.327 e. The number of rotatable bonds is 4. The second kappa shape index (κ2) is 7.06. The Bertz CT molecular complexity index is 477. The zero-order chi connectivity index (χ0) is 14.7. The molecule has 0 spiro atoms. The molecule has 2 nitrogen and oxygen atoms in total. The fourth-order valence-electron chi connectivity index (χ4n) is 2.97. The highest BCUT2D eigenvalue weighted by molar-refractivity contribution is 7.84. The van der Waals surface area contributed by atoms with Crippen LogP contribution in [-0.4, -0.2) is 15.5 Å². The molecule has 4 heteroatoms. The Balaban J connectivity index is 2.05. The van der Waals surface area contributed by atoms with Crippen LogP contribution < -0.4 is 5.73 Å². The van der Waals surface area contributed by atoms with Gasteiger partial charge in [0.1, 0.15) is 0 Å². The summed E-state index contributed by atoms with van der Waals surface area (Å²) in [5.41, 5.74) is 7.17. The summed E-state index contributed by atoms with van der Waals surface area (Å²) in [5.74, 6) is 1.81. The zero-order valence-corrected chi connectivity index (χ0v) is 13.8. The number of benzene rings is 1. The van der Waals surface area contributed by atoms with Crippen LogP contribution in [0.15, 0.2) is 24.3 Å². The molecule has 0 aliphatic heterocycles. The molecule has 4 unspecified atom stereocenters. The number of nitrogens with two attached hydrogens (primary N) is 1. The van der Waals surface area contributed by atoms with E-state index in [1.165, 1.54) is 6.42 Å². The van der Waals surface area contributed by atoms with Gasteiger partial charge in [-0.15, -0.1) is 0 Å². The molecule has 1 saturated carbocycles. The van der Waals surface area contributed by atoms with Crippen LogP contribution in [0, 0.1) is 11.8 Å². The summed E-state index contributed by atoms with van der Waals surface area (Å²) in [5, 5.41) is 0.804. The van der Waals surface area contributed by atoms with Crippen molar-refractivity contribution in [3.05, 3.63) is 34.9 Å². The van der Waals surface area contributed by atoms with Crippen molar-refractivity contribution in [3.8, 4) is 0 Å². The van der Waals surface area contributed by atoms with Crippen LogP contribution in [-0.2, 0) is 16.6 Å². The van der Waals surface area contributed by atoms with E-state index >= 15 is 0 Å². The van der Waals surface area contributed by atoms with E-state index in [9.17, 15) is 4.21 Å². The van der Waals surface area contributed by atoms with Crippen LogP contribution in [0.2, 0.25) is 5.02 Å². The lowest BCUT2D eigenvalue weighted by molar-refractivity contribution is 0.263. The molecular weight excluding hydrogens is 290 g/mol. The molecular formula is C16H24ClNOS. The monoisotopic (exact) mass is 313 g/mol. The van der Waals surface area contributed by atoms with E-state index in [1.54, 1.807) is 0 Å². The lowest BCUT2D eigenvalue weighted by atomic mass is 9.79. The van der Waals surface area contributed by atoms with Crippen molar-refractivity contribution in [2.24, 2.45) is 17.6 Å². The zero-order valence-electron chi connectivity index (χ0n) is 12.2. The maximum atomic E-state index is 12.7. The van der Waals surface area contributed by atoms with Crippen LogP contribution in [0.1, 0.15) is 38.7 Å². The van der Waals surface area contributed by atoms with Gasteiger partial charge in [0.15, 0.2) is 0 Å². The first-order valence-corrected chi connectivity index (χ1v) is 9.11. The highest BCUT2D eigenvalue weighted by Crippen LogP contribution is 2.33. The first kappa shape index (κ1) is 16.0. The number of hydrogen-bond acceptors (Lipinski definition) is 2. The van der Waals surface area contributed by atoms with Crippen molar-refractivity contribution in [2.45, 2.75) is 50.2 Å². The molecule has 1 fully saturated rings. The summed E-state index contributed by atoms with van der Waals surface area (Å²) in [6.45, 7) is 4.49. The fourth-order valence-corrected chi connectivity index (χ4v) is 5.01. The molecule has 1 aliphatic rings. The minimum atomic E-state index is -0.944. The van der Waals surface area contributed by atoms with Gasteiger partial charge in [-0.05, 0) is 42.7 Å². The molecule has 0 heterocycles. The highest BCUT2D eigenvalue weighted by atomic mass is 35.5. The maximum Gasteiger partial charge on any atom is 0.0505 e. The Morgan fingerprint density at radius 1 is 1.35 bits per heavy atom. The maximum absolute atomic E-state index is 12.7. The van der Waals surface area contributed by atoms with Crippen LogP contribution in [0.5, 0.6) is 0 Å². The van der Waals surface area contributed by atoms with E-state index in [1.807, 2.05) is 24.3 Å². The minimum absolute atomic E-state index is 0.0633. The van der Waals surface area contributed by atoms with Crippen LogP contribution in [0.3, 0.4) is 0 Å². The summed E-state index contributed by atoms with van der Waals surface area (Å²) in [4.78, 5) is 0. The van der Waals surface area contributed by atoms with E-state index < -0.39 is 10.8 Å². The van der Waals surface area contributed by atoms with Crippen LogP contribution in [0.25, 0.3) is 0 Å². The Hall–Kier alpha value is -0.380. The van der Waals surface area contributed by atoms with Gasteiger partial charge in [0.25, 0.3) is 0 Å². The summed E-state index contributed by atoms with van der Waals surface area (Å²) in [7, 11) is -0.944. The quantitative estimate of drug-likeness (QED) is 0.920.